The van der Waals surface area contributed by atoms with Crippen LogP contribution in [0, 0.1) is 12.3 Å². The Morgan fingerprint density at radius 1 is 1.09 bits per heavy atom. The number of rotatable bonds is 2. The molecule has 0 unspecified atom stereocenters. The molecular weight excluding hydrogens is 290 g/mol. The Hall–Kier alpha value is -2.69. The minimum atomic E-state index is -0.579. The van der Waals surface area contributed by atoms with Gasteiger partial charge in [0.25, 0.3) is 0 Å². The number of ketones is 1. The molecule has 5 heteroatoms. The van der Waals surface area contributed by atoms with E-state index in [0.717, 1.165) is 16.6 Å². The van der Waals surface area contributed by atoms with Crippen LogP contribution < -0.4 is 0 Å². The average molecular weight is 309 g/mol. The minimum Gasteiger partial charge on any atom is -0.505 e. The van der Waals surface area contributed by atoms with Gasteiger partial charge in [-0.3, -0.25) is 4.79 Å². The number of aromatic nitrogens is 3. The molecule has 3 aromatic rings. The van der Waals surface area contributed by atoms with Crippen molar-refractivity contribution in [2.24, 2.45) is 5.41 Å². The van der Waals surface area contributed by atoms with Crippen LogP contribution in [0.3, 0.4) is 0 Å². The lowest BCUT2D eigenvalue weighted by Gasteiger charge is -2.19. The van der Waals surface area contributed by atoms with Crippen LogP contribution in [-0.2, 0) is 0 Å². The number of nitrogens with zero attached hydrogens (tertiary/aromatic N) is 3. The van der Waals surface area contributed by atoms with Crippen LogP contribution in [0.25, 0.3) is 16.7 Å². The molecule has 23 heavy (non-hydrogen) atoms. The van der Waals surface area contributed by atoms with Crippen molar-refractivity contribution in [2.75, 3.05) is 0 Å². The van der Waals surface area contributed by atoms with Crippen LogP contribution in [0.4, 0.5) is 0 Å². The Balaban J connectivity index is 2.20. The van der Waals surface area contributed by atoms with Crippen molar-refractivity contribution in [1.82, 2.24) is 15.0 Å². The van der Waals surface area contributed by atoms with Crippen molar-refractivity contribution < 1.29 is 9.90 Å². The third kappa shape index (κ3) is 2.70. The fraction of sp³-hybridized carbons (Fsp3) is 0.278. The normalized spacial score (nSPS) is 11.8. The maximum atomic E-state index is 12.6. The van der Waals surface area contributed by atoms with E-state index in [-0.39, 0.29) is 11.5 Å². The van der Waals surface area contributed by atoms with E-state index in [4.69, 9.17) is 0 Å². The van der Waals surface area contributed by atoms with Gasteiger partial charge in [-0.1, -0.05) is 32.9 Å². The highest BCUT2D eigenvalue weighted by Gasteiger charge is 2.27. The van der Waals surface area contributed by atoms with E-state index in [2.05, 4.69) is 10.2 Å². The van der Waals surface area contributed by atoms with Crippen molar-refractivity contribution in [3.8, 4) is 11.4 Å². The summed E-state index contributed by atoms with van der Waals surface area (Å²) in [5, 5.41) is 19.4. The van der Waals surface area contributed by atoms with E-state index in [9.17, 15) is 9.90 Å². The lowest BCUT2D eigenvalue weighted by atomic mass is 9.85. The van der Waals surface area contributed by atoms with Crippen LogP contribution >= 0.6 is 0 Å². The highest BCUT2D eigenvalue weighted by atomic mass is 16.3. The van der Waals surface area contributed by atoms with E-state index >= 15 is 0 Å². The summed E-state index contributed by atoms with van der Waals surface area (Å²) < 4.78 is 0. The molecular formula is C18H19N3O2. The zero-order chi connectivity index (χ0) is 16.8. The fourth-order valence-corrected chi connectivity index (χ4v) is 2.46. The molecule has 2 aromatic carbocycles. The second-order valence-corrected chi connectivity index (χ2v) is 6.74. The molecule has 0 fully saturated rings. The van der Waals surface area contributed by atoms with Gasteiger partial charge in [-0.25, -0.2) is 0 Å². The molecule has 0 amide bonds. The first-order chi connectivity index (χ1) is 10.8. The van der Waals surface area contributed by atoms with Gasteiger partial charge in [0.05, 0.1) is 5.56 Å². The summed E-state index contributed by atoms with van der Waals surface area (Å²) in [5.74, 6) is -0.201. The van der Waals surface area contributed by atoms with E-state index in [1.165, 1.54) is 4.80 Å². The Labute approximate surface area is 134 Å². The second-order valence-electron chi connectivity index (χ2n) is 6.74. The first-order valence-electron chi connectivity index (χ1n) is 7.48. The van der Waals surface area contributed by atoms with E-state index in [1.807, 2.05) is 52.0 Å². The molecule has 0 aliphatic rings. The third-order valence-electron chi connectivity index (χ3n) is 3.66. The van der Waals surface area contributed by atoms with Gasteiger partial charge < -0.3 is 5.11 Å². The summed E-state index contributed by atoms with van der Waals surface area (Å²) in [6.07, 6.45) is 0. The largest absolute Gasteiger partial charge is 0.505 e. The Morgan fingerprint density at radius 2 is 1.65 bits per heavy atom. The SMILES string of the molecule is Cc1cc(C(=O)C(C)(C)C)c(O)c(-n2nc3ccccc3n2)c1. The Bertz CT molecular complexity index is 871. The van der Waals surface area contributed by atoms with Gasteiger partial charge in [0.1, 0.15) is 16.7 Å². The van der Waals surface area contributed by atoms with E-state index in [1.54, 1.807) is 12.1 Å². The van der Waals surface area contributed by atoms with Crippen LogP contribution in [0.2, 0.25) is 0 Å². The summed E-state index contributed by atoms with van der Waals surface area (Å²) >= 11 is 0. The number of benzene rings is 2. The lowest BCUT2D eigenvalue weighted by Crippen LogP contribution is -2.21. The number of phenols is 1. The number of hydrogen-bond donors (Lipinski definition) is 1. The number of aryl methyl sites for hydroxylation is 1. The number of carbonyl (C=O) groups is 1. The van der Waals surface area contributed by atoms with Gasteiger partial charge in [0.2, 0.25) is 0 Å². The average Bonchev–Trinajstić information content (AvgIpc) is 2.91. The number of phenolic OH excluding ortho intramolecular Hbond substituents is 1. The number of aromatic hydroxyl groups is 1. The molecule has 0 aliphatic carbocycles. The lowest BCUT2D eigenvalue weighted by molar-refractivity contribution is 0.0855. The number of hydrogen-bond acceptors (Lipinski definition) is 4. The van der Waals surface area contributed by atoms with E-state index in [0.29, 0.717) is 11.3 Å². The number of carbonyl (C=O) groups excluding carboxylic acids is 1. The minimum absolute atomic E-state index is 0.0872. The zero-order valence-corrected chi connectivity index (χ0v) is 13.7. The van der Waals surface area contributed by atoms with Crippen molar-refractivity contribution in [2.45, 2.75) is 27.7 Å². The summed E-state index contributed by atoms with van der Waals surface area (Å²) in [7, 11) is 0. The van der Waals surface area contributed by atoms with Gasteiger partial charge in [0, 0.05) is 5.41 Å². The van der Waals surface area contributed by atoms with Crippen molar-refractivity contribution >= 4 is 16.8 Å². The first-order valence-corrected chi connectivity index (χ1v) is 7.48. The summed E-state index contributed by atoms with van der Waals surface area (Å²) in [5.41, 5.74) is 2.47. The molecule has 1 N–H and O–H groups in total. The van der Waals surface area contributed by atoms with Crippen LogP contribution in [-0.4, -0.2) is 25.9 Å². The van der Waals surface area contributed by atoms with Gasteiger partial charge in [-0.15, -0.1) is 15.0 Å². The smallest absolute Gasteiger partial charge is 0.171 e. The molecule has 0 spiro atoms. The highest BCUT2D eigenvalue weighted by Crippen LogP contribution is 2.32. The second kappa shape index (κ2) is 5.19. The molecule has 3 rings (SSSR count). The molecule has 1 aromatic heterocycles. The van der Waals surface area contributed by atoms with Gasteiger partial charge in [-0.2, -0.15) is 0 Å². The summed E-state index contributed by atoms with van der Waals surface area (Å²) in [6.45, 7) is 7.37. The van der Waals surface area contributed by atoms with E-state index < -0.39 is 5.41 Å². The summed E-state index contributed by atoms with van der Waals surface area (Å²) in [4.78, 5) is 14.0. The fourth-order valence-electron chi connectivity index (χ4n) is 2.46. The number of Topliss-reactive ketones (excluding diaryl/α,β-unsaturated/α-hetero) is 1. The predicted octanol–water partition coefficient (Wildman–Crippen LogP) is 3.66. The monoisotopic (exact) mass is 309 g/mol. The third-order valence-corrected chi connectivity index (χ3v) is 3.66. The maximum absolute atomic E-state index is 12.6. The molecule has 0 radical (unpaired) electrons. The Kier molecular flexibility index (Phi) is 3.43. The molecule has 5 nitrogen and oxygen atoms in total. The first kappa shape index (κ1) is 15.2. The molecule has 1 heterocycles. The summed E-state index contributed by atoms with van der Waals surface area (Å²) in [6, 6.07) is 10.9. The standard InChI is InChI=1S/C18H19N3O2/c1-11-9-12(17(23)18(2,3)4)16(22)15(10-11)21-19-13-7-5-6-8-14(13)20-21/h5-10,22H,1-4H3. The molecule has 0 atom stereocenters. The zero-order valence-electron chi connectivity index (χ0n) is 13.7. The van der Waals surface area contributed by atoms with Crippen LogP contribution in [0.1, 0.15) is 36.7 Å². The van der Waals surface area contributed by atoms with Crippen LogP contribution in [0.15, 0.2) is 36.4 Å². The van der Waals surface area contributed by atoms with Crippen LogP contribution in [0.5, 0.6) is 5.75 Å². The van der Waals surface area contributed by atoms with Gasteiger partial charge in [-0.05, 0) is 36.8 Å². The quantitative estimate of drug-likeness (QED) is 0.733. The van der Waals surface area contributed by atoms with Crippen molar-refractivity contribution in [1.29, 1.82) is 0 Å². The number of fused-ring (bicyclic) bond motifs is 1. The molecule has 0 aliphatic heterocycles. The van der Waals surface area contributed by atoms with Gasteiger partial charge in [0.15, 0.2) is 11.5 Å². The van der Waals surface area contributed by atoms with Crippen molar-refractivity contribution in [3.63, 3.8) is 0 Å². The molecule has 118 valence electrons. The molecule has 0 saturated heterocycles. The maximum Gasteiger partial charge on any atom is 0.171 e. The Morgan fingerprint density at radius 3 is 2.17 bits per heavy atom. The molecule has 0 saturated carbocycles. The topological polar surface area (TPSA) is 68.0 Å². The van der Waals surface area contributed by atoms with Crippen molar-refractivity contribution in [3.05, 3.63) is 47.5 Å². The highest BCUT2D eigenvalue weighted by molar-refractivity contribution is 6.03. The molecule has 0 bridgehead atoms. The predicted molar refractivity (Wildman–Crippen MR) is 89.1 cm³/mol. The van der Waals surface area contributed by atoms with Gasteiger partial charge >= 0.3 is 0 Å².